The fourth-order valence-electron chi connectivity index (χ4n) is 2.67. The van der Waals surface area contributed by atoms with E-state index in [9.17, 15) is 9.59 Å². The van der Waals surface area contributed by atoms with Crippen LogP contribution < -0.4 is 15.4 Å². The molecular formula is C17H15ClN2O3. The van der Waals surface area contributed by atoms with E-state index in [1.54, 1.807) is 30.3 Å². The minimum Gasteiger partial charge on any atom is -0.484 e. The average molecular weight is 331 g/mol. The van der Waals surface area contributed by atoms with Crippen LogP contribution in [-0.2, 0) is 16.0 Å². The lowest BCUT2D eigenvalue weighted by atomic mass is 10.1. The lowest BCUT2D eigenvalue weighted by Gasteiger charge is -2.23. The second kappa shape index (κ2) is 6.30. The van der Waals surface area contributed by atoms with Gasteiger partial charge in [0.1, 0.15) is 11.8 Å². The number of carbonyl (C=O) groups is 2. The molecule has 0 saturated heterocycles. The lowest BCUT2D eigenvalue weighted by Crippen LogP contribution is -2.47. The van der Waals surface area contributed by atoms with E-state index >= 15 is 0 Å². The van der Waals surface area contributed by atoms with Crippen LogP contribution in [-0.4, -0.2) is 24.5 Å². The molecular weight excluding hydrogens is 316 g/mol. The van der Waals surface area contributed by atoms with Gasteiger partial charge in [0, 0.05) is 17.1 Å². The summed E-state index contributed by atoms with van der Waals surface area (Å²) in [7, 11) is 0. The quantitative estimate of drug-likeness (QED) is 0.933. The number of ether oxygens (including phenoxy) is 1. The summed E-state index contributed by atoms with van der Waals surface area (Å²) in [6, 6.07) is 13.4. The van der Waals surface area contributed by atoms with Gasteiger partial charge in [0.2, 0.25) is 5.91 Å². The van der Waals surface area contributed by atoms with E-state index < -0.39 is 11.9 Å². The number of benzene rings is 2. The van der Waals surface area contributed by atoms with Crippen LogP contribution in [0.15, 0.2) is 48.5 Å². The van der Waals surface area contributed by atoms with E-state index in [0.29, 0.717) is 22.9 Å². The first-order valence-electron chi connectivity index (χ1n) is 7.14. The Bertz CT molecular complexity index is 746. The molecule has 1 aliphatic rings. The predicted molar refractivity (Wildman–Crippen MR) is 87.6 cm³/mol. The number of halogens is 1. The number of hydrogen-bond acceptors (Lipinski definition) is 3. The van der Waals surface area contributed by atoms with Crippen LogP contribution in [0.4, 0.5) is 5.69 Å². The molecule has 23 heavy (non-hydrogen) atoms. The normalized spacial score (nSPS) is 16.0. The van der Waals surface area contributed by atoms with Crippen molar-refractivity contribution in [3.63, 3.8) is 0 Å². The standard InChI is InChI=1S/C17H15ClN2O3/c18-12-5-7-13(8-6-12)23-10-16(21)20-14-4-2-1-3-11(14)9-15(20)17(19)22/h1-8,15H,9-10H2,(H2,19,22). The molecule has 1 heterocycles. The van der Waals surface area contributed by atoms with Crippen molar-refractivity contribution in [2.75, 3.05) is 11.5 Å². The molecule has 2 aromatic carbocycles. The number of hydrogen-bond donors (Lipinski definition) is 1. The topological polar surface area (TPSA) is 72.6 Å². The second-order valence-electron chi connectivity index (χ2n) is 5.26. The van der Waals surface area contributed by atoms with Crippen LogP contribution in [0, 0.1) is 0 Å². The largest absolute Gasteiger partial charge is 0.484 e. The Hall–Kier alpha value is -2.53. The van der Waals surface area contributed by atoms with Gasteiger partial charge >= 0.3 is 0 Å². The highest BCUT2D eigenvalue weighted by Gasteiger charge is 2.37. The molecule has 1 atom stereocenters. The summed E-state index contributed by atoms with van der Waals surface area (Å²) in [5, 5.41) is 0.589. The third-order valence-corrected chi connectivity index (χ3v) is 4.00. The van der Waals surface area contributed by atoms with Gasteiger partial charge < -0.3 is 10.5 Å². The highest BCUT2D eigenvalue weighted by molar-refractivity contribution is 6.30. The molecule has 118 valence electrons. The summed E-state index contributed by atoms with van der Waals surface area (Å²) in [5.41, 5.74) is 7.08. The minimum absolute atomic E-state index is 0.181. The predicted octanol–water partition coefficient (Wildman–Crippen LogP) is 2.16. The molecule has 0 aromatic heterocycles. The zero-order chi connectivity index (χ0) is 16.4. The average Bonchev–Trinajstić information content (AvgIpc) is 2.94. The fraction of sp³-hybridized carbons (Fsp3) is 0.176. The van der Waals surface area contributed by atoms with Gasteiger partial charge in [0.25, 0.3) is 5.91 Å². The summed E-state index contributed by atoms with van der Waals surface area (Å²) in [4.78, 5) is 25.6. The maximum Gasteiger partial charge on any atom is 0.265 e. The van der Waals surface area contributed by atoms with E-state index in [4.69, 9.17) is 22.1 Å². The van der Waals surface area contributed by atoms with Crippen molar-refractivity contribution < 1.29 is 14.3 Å². The third kappa shape index (κ3) is 3.14. The molecule has 0 spiro atoms. The summed E-state index contributed by atoms with van der Waals surface area (Å²) in [6.45, 7) is -0.181. The molecule has 0 aliphatic carbocycles. The first-order valence-corrected chi connectivity index (χ1v) is 7.51. The Morgan fingerprint density at radius 2 is 1.87 bits per heavy atom. The summed E-state index contributed by atoms with van der Waals surface area (Å²) >= 11 is 5.81. The number of nitrogens with zero attached hydrogens (tertiary/aromatic N) is 1. The molecule has 0 radical (unpaired) electrons. The molecule has 0 saturated carbocycles. The fourth-order valence-corrected chi connectivity index (χ4v) is 2.79. The SMILES string of the molecule is NC(=O)C1Cc2ccccc2N1C(=O)COc1ccc(Cl)cc1. The zero-order valence-corrected chi connectivity index (χ0v) is 13.0. The maximum atomic E-state index is 12.5. The Labute approximate surface area is 138 Å². The van der Waals surface area contributed by atoms with Crippen molar-refractivity contribution in [1.29, 1.82) is 0 Å². The summed E-state index contributed by atoms with van der Waals surface area (Å²) < 4.78 is 5.48. The molecule has 1 unspecified atom stereocenters. The van der Waals surface area contributed by atoms with Crippen molar-refractivity contribution in [1.82, 2.24) is 0 Å². The number of amides is 2. The molecule has 2 amide bonds. The summed E-state index contributed by atoms with van der Waals surface area (Å²) in [5.74, 6) is -0.305. The molecule has 0 bridgehead atoms. The van der Waals surface area contributed by atoms with Gasteiger partial charge in [0.15, 0.2) is 6.61 Å². The number of para-hydroxylation sites is 1. The molecule has 3 rings (SSSR count). The van der Waals surface area contributed by atoms with Gasteiger partial charge in [-0.1, -0.05) is 29.8 Å². The van der Waals surface area contributed by atoms with Gasteiger partial charge in [-0.05, 0) is 35.9 Å². The first kappa shape index (κ1) is 15.4. The maximum absolute atomic E-state index is 12.5. The van der Waals surface area contributed by atoms with E-state index in [-0.39, 0.29) is 12.5 Å². The smallest absolute Gasteiger partial charge is 0.265 e. The van der Waals surface area contributed by atoms with Crippen molar-refractivity contribution in [2.45, 2.75) is 12.5 Å². The zero-order valence-electron chi connectivity index (χ0n) is 12.2. The van der Waals surface area contributed by atoms with Crippen LogP contribution in [0.3, 0.4) is 0 Å². The molecule has 6 heteroatoms. The van der Waals surface area contributed by atoms with Gasteiger partial charge in [0.05, 0.1) is 0 Å². The van der Waals surface area contributed by atoms with E-state index in [0.717, 1.165) is 5.56 Å². The number of fused-ring (bicyclic) bond motifs is 1. The lowest BCUT2D eigenvalue weighted by molar-refractivity contribution is -0.125. The van der Waals surface area contributed by atoms with Crippen LogP contribution >= 0.6 is 11.6 Å². The first-order chi connectivity index (χ1) is 11.1. The molecule has 5 nitrogen and oxygen atoms in total. The monoisotopic (exact) mass is 330 g/mol. The number of nitrogens with two attached hydrogens (primary N) is 1. The van der Waals surface area contributed by atoms with E-state index in [1.807, 2.05) is 18.2 Å². The highest BCUT2D eigenvalue weighted by atomic mass is 35.5. The van der Waals surface area contributed by atoms with Crippen molar-refractivity contribution in [2.24, 2.45) is 5.73 Å². The molecule has 2 N–H and O–H groups in total. The number of carbonyl (C=O) groups excluding carboxylic acids is 2. The van der Waals surface area contributed by atoms with Crippen molar-refractivity contribution in [3.05, 3.63) is 59.1 Å². The van der Waals surface area contributed by atoms with Gasteiger partial charge in [-0.25, -0.2) is 0 Å². The number of rotatable bonds is 4. The van der Waals surface area contributed by atoms with Crippen LogP contribution in [0.5, 0.6) is 5.75 Å². The van der Waals surface area contributed by atoms with Crippen molar-refractivity contribution >= 4 is 29.1 Å². The van der Waals surface area contributed by atoms with Gasteiger partial charge in [-0.15, -0.1) is 0 Å². The van der Waals surface area contributed by atoms with E-state index in [2.05, 4.69) is 0 Å². The second-order valence-corrected chi connectivity index (χ2v) is 5.69. The van der Waals surface area contributed by atoms with Crippen LogP contribution in [0.25, 0.3) is 0 Å². The van der Waals surface area contributed by atoms with Gasteiger partial charge in [-0.2, -0.15) is 0 Å². The number of anilines is 1. The van der Waals surface area contributed by atoms with Crippen molar-refractivity contribution in [3.8, 4) is 5.75 Å². The van der Waals surface area contributed by atoms with Crippen LogP contribution in [0.1, 0.15) is 5.56 Å². The highest BCUT2D eigenvalue weighted by Crippen LogP contribution is 2.32. The Morgan fingerprint density at radius 1 is 1.17 bits per heavy atom. The Kier molecular flexibility index (Phi) is 4.21. The Balaban J connectivity index is 1.76. The van der Waals surface area contributed by atoms with Gasteiger partial charge in [-0.3, -0.25) is 14.5 Å². The molecule has 0 fully saturated rings. The molecule has 1 aliphatic heterocycles. The third-order valence-electron chi connectivity index (χ3n) is 3.75. The minimum atomic E-state index is -0.672. The molecule has 2 aromatic rings. The summed E-state index contributed by atoms with van der Waals surface area (Å²) in [6.07, 6.45) is 0.429. The number of primary amides is 1. The van der Waals surface area contributed by atoms with Crippen LogP contribution in [0.2, 0.25) is 5.02 Å². The van der Waals surface area contributed by atoms with E-state index in [1.165, 1.54) is 4.90 Å². The Morgan fingerprint density at radius 3 is 2.57 bits per heavy atom.